The highest BCUT2D eigenvalue weighted by molar-refractivity contribution is 5.90. The van der Waals surface area contributed by atoms with Gasteiger partial charge in [0, 0.05) is 43.7 Å². The number of hydrogen-bond acceptors (Lipinski definition) is 4. The maximum Gasteiger partial charge on any atom is 0.210 e. The number of ether oxygens (including phenoxy) is 1. The first kappa shape index (κ1) is 16.9. The number of para-hydroxylation sites is 1. The van der Waals surface area contributed by atoms with Gasteiger partial charge in [-0.3, -0.25) is 4.79 Å². The van der Waals surface area contributed by atoms with Crippen LogP contribution in [0.5, 0.6) is 5.75 Å². The number of aromatic amines is 1. The van der Waals surface area contributed by atoms with E-state index >= 15 is 0 Å². The maximum atomic E-state index is 11.9. The van der Waals surface area contributed by atoms with Crippen LogP contribution in [-0.4, -0.2) is 54.5 Å². The summed E-state index contributed by atoms with van der Waals surface area (Å²) < 4.78 is 5.54. The summed E-state index contributed by atoms with van der Waals surface area (Å²) in [7, 11) is 1.69. The van der Waals surface area contributed by atoms with E-state index in [1.165, 1.54) is 16.6 Å². The van der Waals surface area contributed by atoms with Crippen molar-refractivity contribution in [3.05, 3.63) is 29.5 Å². The van der Waals surface area contributed by atoms with Crippen LogP contribution < -0.4 is 4.74 Å². The second-order valence-electron chi connectivity index (χ2n) is 7.19. The number of H-pyrrole nitrogens is 1. The Hall–Kier alpha value is -2.52. The van der Waals surface area contributed by atoms with E-state index < -0.39 is 0 Å². The van der Waals surface area contributed by atoms with E-state index in [1.807, 2.05) is 17.0 Å². The van der Waals surface area contributed by atoms with Gasteiger partial charge in [-0.25, -0.2) is 0 Å². The lowest BCUT2D eigenvalue weighted by molar-refractivity contribution is -0.127. The topological polar surface area (TPSA) is 72.4 Å². The number of piperidine rings is 1. The maximum absolute atomic E-state index is 11.9. The molecule has 26 heavy (non-hydrogen) atoms. The van der Waals surface area contributed by atoms with E-state index in [-0.39, 0.29) is 5.54 Å². The molecule has 1 aromatic carbocycles. The first-order valence-electron chi connectivity index (χ1n) is 9.23. The third-order valence-electron chi connectivity index (χ3n) is 6.09. The Morgan fingerprint density at radius 2 is 2.15 bits per heavy atom. The fourth-order valence-corrected chi connectivity index (χ4v) is 4.71. The van der Waals surface area contributed by atoms with Crippen LogP contribution in [0.2, 0.25) is 0 Å². The molecule has 0 aliphatic carbocycles. The van der Waals surface area contributed by atoms with E-state index in [2.05, 4.69) is 22.0 Å². The lowest BCUT2D eigenvalue weighted by atomic mass is 9.78. The molecule has 0 radical (unpaired) electrons. The van der Waals surface area contributed by atoms with Gasteiger partial charge >= 0.3 is 0 Å². The van der Waals surface area contributed by atoms with Gasteiger partial charge < -0.3 is 19.5 Å². The highest BCUT2D eigenvalue weighted by Crippen LogP contribution is 2.45. The van der Waals surface area contributed by atoms with Crippen molar-refractivity contribution in [3.8, 4) is 11.8 Å². The van der Waals surface area contributed by atoms with Gasteiger partial charge in [-0.2, -0.15) is 5.26 Å². The molecule has 1 fully saturated rings. The number of nitriles is 1. The molecular weight excluding hydrogens is 328 g/mol. The fourth-order valence-electron chi connectivity index (χ4n) is 4.71. The summed E-state index contributed by atoms with van der Waals surface area (Å²) in [6.07, 6.45) is 4.20. The Morgan fingerprint density at radius 1 is 1.35 bits per heavy atom. The van der Waals surface area contributed by atoms with Gasteiger partial charge in [0.1, 0.15) is 5.75 Å². The van der Waals surface area contributed by atoms with Crippen LogP contribution in [-0.2, 0) is 16.8 Å². The van der Waals surface area contributed by atoms with E-state index in [9.17, 15) is 4.79 Å². The predicted molar refractivity (Wildman–Crippen MR) is 98.9 cm³/mol. The summed E-state index contributed by atoms with van der Waals surface area (Å²) in [5.74, 6) is 0.844. The van der Waals surface area contributed by atoms with Crippen molar-refractivity contribution in [2.45, 2.75) is 31.2 Å². The molecule has 2 aliphatic rings. The van der Waals surface area contributed by atoms with Crippen molar-refractivity contribution in [2.75, 3.05) is 33.3 Å². The van der Waals surface area contributed by atoms with E-state index in [0.29, 0.717) is 6.42 Å². The summed E-state index contributed by atoms with van der Waals surface area (Å²) in [5.41, 5.74) is 3.25. The van der Waals surface area contributed by atoms with Crippen molar-refractivity contribution in [1.82, 2.24) is 14.8 Å². The number of methoxy groups -OCH3 is 1. The molecule has 1 N–H and O–H groups in total. The molecule has 4 rings (SSSR count). The van der Waals surface area contributed by atoms with Gasteiger partial charge in [0.05, 0.1) is 24.2 Å². The number of likely N-dealkylation sites (tertiary alicyclic amines) is 1. The minimum Gasteiger partial charge on any atom is -0.495 e. The molecule has 0 unspecified atom stereocenters. The zero-order valence-electron chi connectivity index (χ0n) is 15.1. The molecular formula is C20H24N4O2. The Bertz CT molecular complexity index is 859. The number of fused-ring (bicyclic) bond motifs is 4. The first-order chi connectivity index (χ1) is 12.7. The average molecular weight is 352 g/mol. The SMILES string of the molecule is COc1cccc2c3c([nH]c12)C1(CCN(CCC#N)CC1)N(C=O)CC3. The quantitative estimate of drug-likeness (QED) is 0.858. The van der Waals surface area contributed by atoms with Crippen LogP contribution in [0, 0.1) is 11.3 Å². The third kappa shape index (κ3) is 2.46. The van der Waals surface area contributed by atoms with Gasteiger partial charge in [-0.15, -0.1) is 0 Å². The fraction of sp³-hybridized carbons (Fsp3) is 0.500. The van der Waals surface area contributed by atoms with Crippen LogP contribution in [0.4, 0.5) is 0 Å². The van der Waals surface area contributed by atoms with Gasteiger partial charge in [0.15, 0.2) is 0 Å². The van der Waals surface area contributed by atoms with E-state index in [0.717, 1.165) is 63.1 Å². The number of carbonyl (C=O) groups excluding carboxylic acids is 1. The Labute approximate surface area is 153 Å². The van der Waals surface area contributed by atoms with Gasteiger partial charge in [0.25, 0.3) is 0 Å². The first-order valence-corrected chi connectivity index (χ1v) is 9.23. The average Bonchev–Trinajstić information content (AvgIpc) is 3.08. The number of nitrogens with one attached hydrogen (secondary N) is 1. The minimum absolute atomic E-state index is 0.275. The monoisotopic (exact) mass is 352 g/mol. The second-order valence-corrected chi connectivity index (χ2v) is 7.19. The molecule has 0 bridgehead atoms. The zero-order chi connectivity index (χ0) is 18.1. The summed E-state index contributed by atoms with van der Waals surface area (Å²) in [4.78, 5) is 19.8. The van der Waals surface area contributed by atoms with Crippen LogP contribution in [0.25, 0.3) is 10.9 Å². The molecule has 0 saturated carbocycles. The Morgan fingerprint density at radius 3 is 2.85 bits per heavy atom. The van der Waals surface area contributed by atoms with Crippen molar-refractivity contribution >= 4 is 17.3 Å². The second kappa shape index (κ2) is 6.65. The van der Waals surface area contributed by atoms with Crippen molar-refractivity contribution < 1.29 is 9.53 Å². The molecule has 6 nitrogen and oxygen atoms in total. The number of aromatic nitrogens is 1. The molecule has 6 heteroatoms. The lowest BCUT2D eigenvalue weighted by Gasteiger charge is -2.49. The molecule has 1 saturated heterocycles. The van der Waals surface area contributed by atoms with Crippen LogP contribution in [0.1, 0.15) is 30.5 Å². The normalized spacial score (nSPS) is 19.3. The largest absolute Gasteiger partial charge is 0.495 e. The Kier molecular flexibility index (Phi) is 4.33. The summed E-state index contributed by atoms with van der Waals surface area (Å²) in [6, 6.07) is 8.36. The summed E-state index contributed by atoms with van der Waals surface area (Å²) in [6.45, 7) is 3.36. The van der Waals surface area contributed by atoms with Crippen LogP contribution >= 0.6 is 0 Å². The van der Waals surface area contributed by atoms with Gasteiger partial charge in [-0.05, 0) is 30.9 Å². The van der Waals surface area contributed by atoms with Crippen molar-refractivity contribution in [2.24, 2.45) is 0 Å². The zero-order valence-corrected chi connectivity index (χ0v) is 15.1. The number of amides is 1. The van der Waals surface area contributed by atoms with E-state index in [1.54, 1.807) is 7.11 Å². The van der Waals surface area contributed by atoms with Gasteiger partial charge in [0.2, 0.25) is 6.41 Å². The van der Waals surface area contributed by atoms with E-state index in [4.69, 9.17) is 10.00 Å². The molecule has 1 spiro atoms. The molecule has 136 valence electrons. The highest BCUT2D eigenvalue weighted by Gasteiger charge is 2.46. The minimum atomic E-state index is -0.275. The summed E-state index contributed by atoms with van der Waals surface area (Å²) >= 11 is 0. The molecule has 2 aromatic rings. The molecule has 0 atom stereocenters. The lowest BCUT2D eigenvalue weighted by Crippen LogP contribution is -2.55. The summed E-state index contributed by atoms with van der Waals surface area (Å²) in [5, 5.41) is 10.0. The number of rotatable bonds is 4. The molecule has 3 heterocycles. The molecule has 1 amide bonds. The molecule has 2 aliphatic heterocycles. The Balaban J connectivity index is 1.76. The molecule has 1 aromatic heterocycles. The van der Waals surface area contributed by atoms with Crippen molar-refractivity contribution in [3.63, 3.8) is 0 Å². The number of nitrogens with zero attached hydrogens (tertiary/aromatic N) is 3. The van der Waals surface area contributed by atoms with Crippen molar-refractivity contribution in [1.29, 1.82) is 5.26 Å². The number of hydrogen-bond donors (Lipinski definition) is 1. The van der Waals surface area contributed by atoms with Crippen LogP contribution in [0.3, 0.4) is 0 Å². The third-order valence-corrected chi connectivity index (χ3v) is 6.09. The highest BCUT2D eigenvalue weighted by atomic mass is 16.5. The number of benzene rings is 1. The smallest absolute Gasteiger partial charge is 0.210 e. The predicted octanol–water partition coefficient (Wildman–Crippen LogP) is 2.40. The van der Waals surface area contributed by atoms with Crippen LogP contribution in [0.15, 0.2) is 18.2 Å². The number of carbonyl (C=O) groups is 1. The van der Waals surface area contributed by atoms with Gasteiger partial charge in [-0.1, -0.05) is 12.1 Å². The standard InChI is InChI=1S/C20H24N4O2/c1-26-17-5-2-4-15-16-6-11-24(14-25)20(19(16)22-18(15)17)7-12-23(13-8-20)10-3-9-21/h2,4-5,14,22H,3,6-8,10-13H2,1H3.